The van der Waals surface area contributed by atoms with E-state index < -0.39 is 0 Å². The van der Waals surface area contributed by atoms with Gasteiger partial charge < -0.3 is 10.3 Å². The Labute approximate surface area is 106 Å². The molecule has 0 radical (unpaired) electrons. The number of anilines is 1. The van der Waals surface area contributed by atoms with Crippen molar-refractivity contribution in [1.29, 1.82) is 0 Å². The summed E-state index contributed by atoms with van der Waals surface area (Å²) >= 11 is 0. The van der Waals surface area contributed by atoms with Gasteiger partial charge in [0.15, 0.2) is 0 Å². The lowest BCUT2D eigenvalue weighted by atomic mass is 10.1. The molecule has 0 unspecified atom stereocenters. The molecule has 4 rings (SSSR count). The van der Waals surface area contributed by atoms with Crippen LogP contribution in [0.1, 0.15) is 25.7 Å². The average Bonchev–Trinajstić information content (AvgIpc) is 3.26. The van der Waals surface area contributed by atoms with Crippen LogP contribution in [0, 0.1) is 5.92 Å². The van der Waals surface area contributed by atoms with Crippen molar-refractivity contribution in [2.45, 2.75) is 31.2 Å². The molecule has 0 amide bonds. The van der Waals surface area contributed by atoms with E-state index in [4.69, 9.17) is 5.73 Å². The Hall–Kier alpha value is -1.84. The van der Waals surface area contributed by atoms with Crippen molar-refractivity contribution >= 4 is 5.82 Å². The van der Waals surface area contributed by atoms with Crippen LogP contribution in [0.5, 0.6) is 0 Å². The highest BCUT2D eigenvalue weighted by Crippen LogP contribution is 2.60. The van der Waals surface area contributed by atoms with Crippen LogP contribution in [0.2, 0.25) is 0 Å². The van der Waals surface area contributed by atoms with Gasteiger partial charge in [0.25, 0.3) is 0 Å². The lowest BCUT2D eigenvalue weighted by Gasteiger charge is -2.19. The third kappa shape index (κ3) is 1.38. The SMILES string of the molecule is Nc1cc(-c2nccn2C2(C3CC3)CC2)ccn1. The van der Waals surface area contributed by atoms with E-state index in [1.54, 1.807) is 6.20 Å². The Morgan fingerprint density at radius 3 is 2.72 bits per heavy atom. The first kappa shape index (κ1) is 10.1. The second-order valence-electron chi connectivity index (χ2n) is 5.47. The molecule has 2 aliphatic carbocycles. The van der Waals surface area contributed by atoms with Crippen LogP contribution in [0.15, 0.2) is 30.7 Å². The molecule has 0 aliphatic heterocycles. The van der Waals surface area contributed by atoms with Crippen LogP contribution in [-0.4, -0.2) is 14.5 Å². The van der Waals surface area contributed by atoms with Gasteiger partial charge in [-0.05, 0) is 43.7 Å². The number of hydrogen-bond acceptors (Lipinski definition) is 3. The molecule has 2 aromatic rings. The van der Waals surface area contributed by atoms with Gasteiger partial charge in [0, 0.05) is 29.7 Å². The number of rotatable bonds is 3. The topological polar surface area (TPSA) is 56.7 Å². The van der Waals surface area contributed by atoms with Crippen molar-refractivity contribution in [3.63, 3.8) is 0 Å². The zero-order chi connectivity index (χ0) is 12.2. The second kappa shape index (κ2) is 3.34. The molecule has 4 nitrogen and oxygen atoms in total. The summed E-state index contributed by atoms with van der Waals surface area (Å²) in [5.41, 5.74) is 7.20. The van der Waals surface area contributed by atoms with E-state index in [9.17, 15) is 0 Å². The summed E-state index contributed by atoms with van der Waals surface area (Å²) in [6, 6.07) is 3.89. The molecule has 2 aliphatic rings. The minimum Gasteiger partial charge on any atom is -0.384 e. The van der Waals surface area contributed by atoms with Crippen LogP contribution in [0.25, 0.3) is 11.4 Å². The fourth-order valence-corrected chi connectivity index (χ4v) is 3.06. The Balaban J connectivity index is 1.81. The molecule has 0 aromatic carbocycles. The van der Waals surface area contributed by atoms with E-state index in [1.807, 2.05) is 18.3 Å². The highest BCUT2D eigenvalue weighted by atomic mass is 15.2. The lowest BCUT2D eigenvalue weighted by Crippen LogP contribution is -2.19. The Morgan fingerprint density at radius 1 is 1.22 bits per heavy atom. The number of imidazole rings is 1. The molecule has 2 saturated carbocycles. The number of aromatic nitrogens is 3. The summed E-state index contributed by atoms with van der Waals surface area (Å²) in [7, 11) is 0. The minimum absolute atomic E-state index is 0.365. The van der Waals surface area contributed by atoms with Crippen LogP contribution >= 0.6 is 0 Å². The van der Waals surface area contributed by atoms with Crippen molar-refractivity contribution < 1.29 is 0 Å². The first-order valence-electron chi connectivity index (χ1n) is 6.55. The highest BCUT2D eigenvalue weighted by Gasteiger charge is 2.55. The smallest absolute Gasteiger partial charge is 0.140 e. The predicted octanol–water partition coefficient (Wildman–Crippen LogP) is 2.43. The second-order valence-corrected chi connectivity index (χ2v) is 5.47. The van der Waals surface area contributed by atoms with Gasteiger partial charge in [-0.15, -0.1) is 0 Å². The zero-order valence-corrected chi connectivity index (χ0v) is 10.2. The summed E-state index contributed by atoms with van der Waals surface area (Å²) in [5, 5.41) is 0. The van der Waals surface area contributed by atoms with E-state index in [2.05, 4.69) is 20.7 Å². The van der Waals surface area contributed by atoms with Gasteiger partial charge >= 0.3 is 0 Å². The fraction of sp³-hybridized carbons (Fsp3) is 0.429. The maximum atomic E-state index is 5.76. The molecule has 92 valence electrons. The molecule has 2 fully saturated rings. The maximum Gasteiger partial charge on any atom is 0.140 e. The van der Waals surface area contributed by atoms with Gasteiger partial charge in [0.2, 0.25) is 0 Å². The van der Waals surface area contributed by atoms with Crippen molar-refractivity contribution in [2.75, 3.05) is 5.73 Å². The molecule has 2 heterocycles. The van der Waals surface area contributed by atoms with Crippen molar-refractivity contribution in [2.24, 2.45) is 5.92 Å². The Kier molecular flexibility index (Phi) is 1.88. The molecule has 18 heavy (non-hydrogen) atoms. The largest absolute Gasteiger partial charge is 0.384 e. The predicted molar refractivity (Wildman–Crippen MR) is 69.8 cm³/mol. The van der Waals surface area contributed by atoms with Crippen LogP contribution in [-0.2, 0) is 5.54 Å². The van der Waals surface area contributed by atoms with E-state index >= 15 is 0 Å². The van der Waals surface area contributed by atoms with E-state index in [1.165, 1.54) is 25.7 Å². The van der Waals surface area contributed by atoms with Gasteiger partial charge in [0.1, 0.15) is 11.6 Å². The number of pyridine rings is 1. The standard InChI is InChI=1S/C14H16N4/c15-12-9-10(3-6-16-12)13-17-7-8-18(13)14(4-5-14)11-1-2-11/h3,6-9,11H,1-2,4-5H2,(H2,15,16). The summed E-state index contributed by atoms with van der Waals surface area (Å²) < 4.78 is 2.37. The Bertz CT molecular complexity index is 593. The zero-order valence-electron chi connectivity index (χ0n) is 10.2. The third-order valence-corrected chi connectivity index (χ3v) is 4.26. The van der Waals surface area contributed by atoms with Gasteiger partial charge in [-0.25, -0.2) is 9.97 Å². The van der Waals surface area contributed by atoms with E-state index in [-0.39, 0.29) is 0 Å². The number of nitrogen functional groups attached to an aromatic ring is 1. The highest BCUT2D eigenvalue weighted by molar-refractivity contribution is 5.59. The number of nitrogens with two attached hydrogens (primary N) is 1. The van der Waals surface area contributed by atoms with Crippen molar-refractivity contribution in [3.05, 3.63) is 30.7 Å². The van der Waals surface area contributed by atoms with Gasteiger partial charge in [0.05, 0.1) is 0 Å². The molecule has 0 saturated heterocycles. The maximum absolute atomic E-state index is 5.76. The van der Waals surface area contributed by atoms with Crippen LogP contribution in [0.3, 0.4) is 0 Å². The quantitative estimate of drug-likeness (QED) is 0.896. The molecule has 2 aromatic heterocycles. The molecular formula is C14H16N4. The molecular weight excluding hydrogens is 224 g/mol. The van der Waals surface area contributed by atoms with Gasteiger partial charge in [-0.1, -0.05) is 0 Å². The van der Waals surface area contributed by atoms with E-state index in [0.717, 1.165) is 17.3 Å². The van der Waals surface area contributed by atoms with Crippen LogP contribution < -0.4 is 5.73 Å². The number of hydrogen-bond donors (Lipinski definition) is 1. The van der Waals surface area contributed by atoms with Crippen molar-refractivity contribution in [3.8, 4) is 11.4 Å². The van der Waals surface area contributed by atoms with Gasteiger partial charge in [-0.2, -0.15) is 0 Å². The average molecular weight is 240 g/mol. The third-order valence-electron chi connectivity index (χ3n) is 4.26. The lowest BCUT2D eigenvalue weighted by molar-refractivity contribution is 0.425. The molecule has 4 heteroatoms. The summed E-state index contributed by atoms with van der Waals surface area (Å²) in [6.45, 7) is 0. The first-order valence-corrected chi connectivity index (χ1v) is 6.55. The fourth-order valence-electron chi connectivity index (χ4n) is 3.06. The first-order chi connectivity index (χ1) is 8.79. The molecule has 2 N–H and O–H groups in total. The number of nitrogens with zero attached hydrogens (tertiary/aromatic N) is 3. The summed E-state index contributed by atoms with van der Waals surface area (Å²) in [6.07, 6.45) is 11.1. The molecule has 0 bridgehead atoms. The van der Waals surface area contributed by atoms with Gasteiger partial charge in [-0.3, -0.25) is 0 Å². The summed E-state index contributed by atoms with van der Waals surface area (Å²) in [4.78, 5) is 8.57. The monoisotopic (exact) mass is 240 g/mol. The normalized spacial score (nSPS) is 20.9. The summed E-state index contributed by atoms with van der Waals surface area (Å²) in [5.74, 6) is 2.46. The van der Waals surface area contributed by atoms with Crippen LogP contribution in [0.4, 0.5) is 5.82 Å². The molecule has 0 spiro atoms. The Morgan fingerprint density at radius 2 is 2.06 bits per heavy atom. The minimum atomic E-state index is 0.365. The van der Waals surface area contributed by atoms with E-state index in [0.29, 0.717) is 11.4 Å². The molecule has 0 atom stereocenters. The van der Waals surface area contributed by atoms with Crippen molar-refractivity contribution in [1.82, 2.24) is 14.5 Å².